The van der Waals surface area contributed by atoms with E-state index in [1.165, 1.54) is 30.1 Å². The lowest BCUT2D eigenvalue weighted by atomic mass is 10.2. The average Bonchev–Trinajstić information content (AvgIpc) is 2.48. The first-order chi connectivity index (χ1) is 10.5. The van der Waals surface area contributed by atoms with Gasteiger partial charge in [-0.05, 0) is 24.3 Å². The Balaban J connectivity index is 1.93. The van der Waals surface area contributed by atoms with Gasteiger partial charge in [-0.1, -0.05) is 34.1 Å². The van der Waals surface area contributed by atoms with Gasteiger partial charge in [0.2, 0.25) is 0 Å². The molecule has 22 heavy (non-hydrogen) atoms. The van der Waals surface area contributed by atoms with Gasteiger partial charge in [-0.3, -0.25) is 4.79 Å². The van der Waals surface area contributed by atoms with Crippen LogP contribution in [0.25, 0.3) is 0 Å². The predicted molar refractivity (Wildman–Crippen MR) is 82.5 cm³/mol. The molecule has 0 fully saturated rings. The van der Waals surface area contributed by atoms with Crippen LogP contribution >= 0.6 is 15.9 Å². The largest absolute Gasteiger partial charge is 0.481 e. The Morgan fingerprint density at radius 2 is 1.91 bits per heavy atom. The molecule has 0 heterocycles. The molecule has 0 unspecified atom stereocenters. The van der Waals surface area contributed by atoms with E-state index in [4.69, 9.17) is 4.74 Å². The fourth-order valence-corrected chi connectivity index (χ4v) is 2.15. The molecule has 0 saturated carbocycles. The molecular formula is C16H14BrF2NO2. The molecule has 2 rings (SSSR count). The summed E-state index contributed by atoms with van der Waals surface area (Å²) in [5, 5.41) is 0. The molecule has 0 aliphatic rings. The highest BCUT2D eigenvalue weighted by Crippen LogP contribution is 2.21. The molecule has 0 bridgehead atoms. The Hall–Kier alpha value is -1.95. The summed E-state index contributed by atoms with van der Waals surface area (Å²) in [4.78, 5) is 13.3. The van der Waals surface area contributed by atoms with Gasteiger partial charge in [0.25, 0.3) is 5.91 Å². The van der Waals surface area contributed by atoms with Crippen molar-refractivity contribution in [2.45, 2.75) is 6.54 Å². The quantitative estimate of drug-likeness (QED) is 0.802. The fourth-order valence-electron chi connectivity index (χ4n) is 1.81. The van der Waals surface area contributed by atoms with E-state index in [0.29, 0.717) is 10.0 Å². The maximum absolute atomic E-state index is 13.6. The maximum Gasteiger partial charge on any atom is 0.260 e. The SMILES string of the molecule is CN(Cc1ccccc1F)C(=O)COc1ccc(Br)cc1F. The molecule has 0 aromatic heterocycles. The van der Waals surface area contributed by atoms with Gasteiger partial charge >= 0.3 is 0 Å². The lowest BCUT2D eigenvalue weighted by Gasteiger charge is -2.18. The molecule has 6 heteroatoms. The Morgan fingerprint density at radius 1 is 1.18 bits per heavy atom. The Labute approximate surface area is 135 Å². The van der Waals surface area contributed by atoms with E-state index < -0.39 is 5.82 Å². The van der Waals surface area contributed by atoms with Gasteiger partial charge in [-0.25, -0.2) is 8.78 Å². The van der Waals surface area contributed by atoms with Gasteiger partial charge in [-0.15, -0.1) is 0 Å². The van der Waals surface area contributed by atoms with Crippen molar-refractivity contribution in [2.75, 3.05) is 13.7 Å². The molecule has 2 aromatic rings. The molecule has 0 saturated heterocycles. The first kappa shape index (κ1) is 16.4. The van der Waals surface area contributed by atoms with Crippen LogP contribution in [0.3, 0.4) is 0 Å². The zero-order valence-corrected chi connectivity index (χ0v) is 13.4. The van der Waals surface area contributed by atoms with Crippen molar-refractivity contribution >= 4 is 21.8 Å². The van der Waals surface area contributed by atoms with E-state index in [2.05, 4.69) is 15.9 Å². The first-order valence-electron chi connectivity index (χ1n) is 6.52. The van der Waals surface area contributed by atoms with Crippen LogP contribution in [0.15, 0.2) is 46.9 Å². The summed E-state index contributed by atoms with van der Waals surface area (Å²) in [5.74, 6) is -1.30. The van der Waals surface area contributed by atoms with Gasteiger partial charge in [0, 0.05) is 23.6 Å². The topological polar surface area (TPSA) is 29.5 Å². The summed E-state index contributed by atoms with van der Waals surface area (Å²) in [7, 11) is 1.54. The fraction of sp³-hybridized carbons (Fsp3) is 0.188. The van der Waals surface area contributed by atoms with E-state index >= 15 is 0 Å². The highest BCUT2D eigenvalue weighted by Gasteiger charge is 2.13. The van der Waals surface area contributed by atoms with E-state index in [9.17, 15) is 13.6 Å². The second kappa shape index (κ2) is 7.35. The minimum atomic E-state index is -0.557. The average molecular weight is 370 g/mol. The van der Waals surface area contributed by atoms with E-state index in [1.54, 1.807) is 24.3 Å². The number of rotatable bonds is 5. The Morgan fingerprint density at radius 3 is 2.59 bits per heavy atom. The second-order valence-corrected chi connectivity index (χ2v) is 5.62. The minimum Gasteiger partial charge on any atom is -0.481 e. The van der Waals surface area contributed by atoms with Crippen LogP contribution < -0.4 is 4.74 Å². The van der Waals surface area contributed by atoms with Crippen molar-refractivity contribution in [2.24, 2.45) is 0 Å². The van der Waals surface area contributed by atoms with Crippen molar-refractivity contribution in [3.63, 3.8) is 0 Å². The van der Waals surface area contributed by atoms with E-state index in [0.717, 1.165) is 0 Å². The monoisotopic (exact) mass is 369 g/mol. The number of halogens is 3. The third kappa shape index (κ3) is 4.27. The summed E-state index contributed by atoms with van der Waals surface area (Å²) in [6, 6.07) is 10.5. The first-order valence-corrected chi connectivity index (χ1v) is 7.32. The molecule has 0 aliphatic carbocycles. The summed E-state index contributed by atoms with van der Waals surface area (Å²) < 4.78 is 32.8. The molecule has 0 spiro atoms. The van der Waals surface area contributed by atoms with Crippen molar-refractivity contribution in [3.8, 4) is 5.75 Å². The third-order valence-electron chi connectivity index (χ3n) is 3.04. The van der Waals surface area contributed by atoms with Gasteiger partial charge < -0.3 is 9.64 Å². The summed E-state index contributed by atoms with van der Waals surface area (Å²) in [5.41, 5.74) is 0.410. The number of carbonyl (C=O) groups is 1. The molecule has 0 N–H and O–H groups in total. The van der Waals surface area contributed by atoms with Crippen LogP contribution in [0.5, 0.6) is 5.75 Å². The summed E-state index contributed by atoms with van der Waals surface area (Å²) in [6.45, 7) is -0.193. The number of nitrogens with zero attached hydrogens (tertiary/aromatic N) is 1. The van der Waals surface area contributed by atoms with Crippen LogP contribution in [0.2, 0.25) is 0 Å². The van der Waals surface area contributed by atoms with Crippen molar-refractivity contribution < 1.29 is 18.3 Å². The molecule has 0 atom stereocenters. The molecule has 116 valence electrons. The van der Waals surface area contributed by atoms with Crippen LogP contribution in [-0.4, -0.2) is 24.5 Å². The van der Waals surface area contributed by atoms with Crippen molar-refractivity contribution in [1.82, 2.24) is 4.90 Å². The highest BCUT2D eigenvalue weighted by molar-refractivity contribution is 9.10. The lowest BCUT2D eigenvalue weighted by molar-refractivity contribution is -0.132. The molecule has 2 aromatic carbocycles. The zero-order valence-electron chi connectivity index (χ0n) is 11.9. The number of benzene rings is 2. The molecule has 3 nitrogen and oxygen atoms in total. The minimum absolute atomic E-state index is 0.00385. The van der Waals surface area contributed by atoms with Gasteiger partial charge in [0.1, 0.15) is 5.82 Å². The number of hydrogen-bond acceptors (Lipinski definition) is 2. The van der Waals surface area contributed by atoms with Crippen LogP contribution in [-0.2, 0) is 11.3 Å². The predicted octanol–water partition coefficient (Wildman–Crippen LogP) is 3.76. The van der Waals surface area contributed by atoms with Gasteiger partial charge in [-0.2, -0.15) is 0 Å². The van der Waals surface area contributed by atoms with Crippen LogP contribution in [0.1, 0.15) is 5.56 Å². The Kier molecular flexibility index (Phi) is 5.49. The highest BCUT2D eigenvalue weighted by atomic mass is 79.9. The number of carbonyl (C=O) groups excluding carboxylic acids is 1. The number of hydrogen-bond donors (Lipinski definition) is 0. The summed E-state index contributed by atoms with van der Waals surface area (Å²) in [6.07, 6.45) is 0. The van der Waals surface area contributed by atoms with Crippen LogP contribution in [0.4, 0.5) is 8.78 Å². The number of likely N-dealkylation sites (N-methyl/N-ethyl adjacent to an activating group) is 1. The standard InChI is InChI=1S/C16H14BrF2NO2/c1-20(9-11-4-2-3-5-13(11)18)16(21)10-22-15-7-6-12(17)8-14(15)19/h2-8H,9-10H2,1H3. The van der Waals surface area contributed by atoms with E-state index in [-0.39, 0.29) is 30.6 Å². The smallest absolute Gasteiger partial charge is 0.260 e. The van der Waals surface area contributed by atoms with Gasteiger partial charge in [0.15, 0.2) is 18.2 Å². The van der Waals surface area contributed by atoms with E-state index in [1.807, 2.05) is 0 Å². The maximum atomic E-state index is 13.6. The number of amides is 1. The zero-order chi connectivity index (χ0) is 16.1. The van der Waals surface area contributed by atoms with Crippen molar-refractivity contribution in [3.05, 3.63) is 64.1 Å². The summed E-state index contributed by atoms with van der Waals surface area (Å²) >= 11 is 3.14. The molecule has 1 amide bonds. The number of ether oxygens (including phenoxy) is 1. The molecule has 0 aliphatic heterocycles. The lowest BCUT2D eigenvalue weighted by Crippen LogP contribution is -2.31. The normalized spacial score (nSPS) is 10.4. The van der Waals surface area contributed by atoms with Gasteiger partial charge in [0.05, 0.1) is 0 Å². The molecular weight excluding hydrogens is 356 g/mol. The Bertz CT molecular complexity index is 679. The third-order valence-corrected chi connectivity index (χ3v) is 3.53. The molecule has 0 radical (unpaired) electrons. The van der Waals surface area contributed by atoms with Crippen molar-refractivity contribution in [1.29, 1.82) is 0 Å². The second-order valence-electron chi connectivity index (χ2n) is 4.70. The van der Waals surface area contributed by atoms with Crippen LogP contribution in [0, 0.1) is 11.6 Å².